The average molecular weight is 376 g/mol. The number of carbonyl (C=O) groups is 2. The molecule has 2 spiro atoms. The van der Waals surface area contributed by atoms with E-state index in [0.717, 1.165) is 0 Å². The molecule has 2 N–H and O–H groups in total. The third kappa shape index (κ3) is 1.10. The number of ether oxygens (including phenoxy) is 2. The van der Waals surface area contributed by atoms with Gasteiger partial charge in [0, 0.05) is 11.1 Å². The van der Waals surface area contributed by atoms with E-state index in [1.807, 2.05) is 0 Å². The van der Waals surface area contributed by atoms with Gasteiger partial charge in [0.2, 0.25) is 0 Å². The molecule has 2 saturated heterocycles. The van der Waals surface area contributed by atoms with E-state index in [1.54, 1.807) is 48.5 Å². The smallest absolute Gasteiger partial charge is 0.170 e. The Bertz CT molecular complexity index is 1050. The summed E-state index contributed by atoms with van der Waals surface area (Å²) in [5.74, 6) is -2.23. The summed E-state index contributed by atoms with van der Waals surface area (Å²) in [7, 11) is 0. The highest BCUT2D eigenvalue weighted by Gasteiger charge is 2.97. The quantitative estimate of drug-likeness (QED) is 0.711. The number of hydrogen-bond donors (Lipinski definition) is 2. The molecule has 3 fully saturated rings. The van der Waals surface area contributed by atoms with Crippen LogP contribution in [0.25, 0.3) is 0 Å². The Morgan fingerprint density at radius 3 is 1.46 bits per heavy atom. The summed E-state index contributed by atoms with van der Waals surface area (Å²) in [6.07, 6.45) is 0. The summed E-state index contributed by atoms with van der Waals surface area (Å²) >= 11 is 0. The van der Waals surface area contributed by atoms with Gasteiger partial charge in [-0.05, 0) is 11.1 Å². The molecule has 2 aromatic rings. The number of aliphatic hydroxyl groups is 2. The molecule has 0 bridgehead atoms. The van der Waals surface area contributed by atoms with Gasteiger partial charge in [-0.3, -0.25) is 9.59 Å². The van der Waals surface area contributed by atoms with Gasteiger partial charge in [0.15, 0.2) is 11.6 Å². The maximum absolute atomic E-state index is 13.4. The Labute approximate surface area is 159 Å². The van der Waals surface area contributed by atoms with Crippen molar-refractivity contribution in [2.24, 2.45) is 11.8 Å². The molecule has 7 rings (SSSR count). The van der Waals surface area contributed by atoms with E-state index in [4.69, 9.17) is 9.47 Å². The first-order chi connectivity index (χ1) is 13.4. The fourth-order valence-electron chi connectivity index (χ4n) is 6.77. The number of ketones is 2. The van der Waals surface area contributed by atoms with Gasteiger partial charge in [-0.1, -0.05) is 48.5 Å². The fourth-order valence-corrected chi connectivity index (χ4v) is 6.77. The van der Waals surface area contributed by atoms with Crippen molar-refractivity contribution in [1.29, 1.82) is 0 Å². The van der Waals surface area contributed by atoms with Crippen LogP contribution in [0, 0.1) is 11.8 Å². The zero-order chi connectivity index (χ0) is 19.1. The van der Waals surface area contributed by atoms with E-state index < -0.39 is 34.2 Å². The molecule has 0 radical (unpaired) electrons. The van der Waals surface area contributed by atoms with Gasteiger partial charge in [-0.2, -0.15) is 0 Å². The second kappa shape index (κ2) is 4.14. The highest BCUT2D eigenvalue weighted by molar-refractivity contribution is 6.12. The summed E-state index contributed by atoms with van der Waals surface area (Å²) < 4.78 is 11.9. The molecule has 3 aliphatic carbocycles. The lowest BCUT2D eigenvalue weighted by Gasteiger charge is -2.83. The van der Waals surface area contributed by atoms with Crippen molar-refractivity contribution in [2.45, 2.75) is 22.4 Å². The summed E-state index contributed by atoms with van der Waals surface area (Å²) in [5.41, 5.74) is -4.08. The maximum atomic E-state index is 13.4. The second-order valence-electron chi connectivity index (χ2n) is 8.54. The van der Waals surface area contributed by atoms with Crippen LogP contribution >= 0.6 is 0 Å². The molecule has 0 unspecified atom stereocenters. The number of rotatable bonds is 0. The molecule has 1 saturated carbocycles. The summed E-state index contributed by atoms with van der Waals surface area (Å²) in [6.45, 7) is -0.00488. The molecule has 140 valence electrons. The highest BCUT2D eigenvalue weighted by atomic mass is 16.6. The third-order valence-electron chi connectivity index (χ3n) is 7.85. The molecule has 5 aliphatic rings. The SMILES string of the molecule is O=C1c2ccccc2[C@]2(O)CO[C@]23[C@H]1[C@H]1C(=O)c2ccccc2[C@]2(O)CO[C@@]132. The molecule has 2 aliphatic heterocycles. The van der Waals surface area contributed by atoms with Crippen molar-refractivity contribution in [3.8, 4) is 0 Å². The maximum Gasteiger partial charge on any atom is 0.170 e. The monoisotopic (exact) mass is 376 g/mol. The minimum absolute atomic E-state index is 0.00244. The molecule has 2 heterocycles. The summed E-state index contributed by atoms with van der Waals surface area (Å²) in [5, 5.41) is 23.4. The normalized spacial score (nSPS) is 46.4. The Morgan fingerprint density at radius 1 is 0.714 bits per heavy atom. The Morgan fingerprint density at radius 2 is 1.11 bits per heavy atom. The van der Waals surface area contributed by atoms with Crippen molar-refractivity contribution in [1.82, 2.24) is 0 Å². The van der Waals surface area contributed by atoms with E-state index in [0.29, 0.717) is 22.3 Å². The largest absolute Gasteiger partial charge is 0.379 e. The minimum atomic E-state index is -1.49. The molecule has 0 amide bonds. The first-order valence-corrected chi connectivity index (χ1v) is 9.44. The van der Waals surface area contributed by atoms with Crippen LogP contribution in [0.3, 0.4) is 0 Å². The molecular weight excluding hydrogens is 360 g/mol. The minimum Gasteiger partial charge on any atom is -0.379 e. The van der Waals surface area contributed by atoms with Gasteiger partial charge in [-0.15, -0.1) is 0 Å². The number of carbonyl (C=O) groups excluding carboxylic acids is 2. The van der Waals surface area contributed by atoms with Crippen LogP contribution in [0.15, 0.2) is 48.5 Å². The molecule has 6 nitrogen and oxygen atoms in total. The van der Waals surface area contributed by atoms with Gasteiger partial charge in [0.1, 0.15) is 22.4 Å². The number of Topliss-reactive ketones (excluding diaryl/α,β-unsaturated/α-hetero) is 2. The number of fused-ring (bicyclic) bond motifs is 5. The van der Waals surface area contributed by atoms with Gasteiger partial charge in [0.05, 0.1) is 25.0 Å². The second-order valence-corrected chi connectivity index (χ2v) is 8.54. The molecule has 2 aromatic carbocycles. The molecule has 6 heteroatoms. The Hall–Kier alpha value is -2.38. The van der Waals surface area contributed by atoms with Gasteiger partial charge < -0.3 is 19.7 Å². The van der Waals surface area contributed by atoms with Crippen LogP contribution in [0.2, 0.25) is 0 Å². The van der Waals surface area contributed by atoms with Crippen LogP contribution in [-0.4, -0.2) is 46.2 Å². The highest BCUT2D eigenvalue weighted by Crippen LogP contribution is 2.79. The van der Waals surface area contributed by atoms with E-state index in [-0.39, 0.29) is 24.8 Å². The van der Waals surface area contributed by atoms with Crippen molar-refractivity contribution in [3.63, 3.8) is 0 Å². The summed E-state index contributed by atoms with van der Waals surface area (Å²) in [4.78, 5) is 26.8. The molecular formula is C22H16O6. The standard InChI is InChI=1S/C22H16O6/c23-17-11-5-1-3-7-13(11)19(25)9-27-21(19)15(17)16-18(24)12-6-2-4-8-14(12)20(26)10-28-22(16,20)21/h1-8,15-16,25-26H,9-10H2/t15-,16-,19+,20+,21+,22+/m0/s1. The first kappa shape index (κ1) is 15.5. The van der Waals surface area contributed by atoms with Gasteiger partial charge >= 0.3 is 0 Å². The van der Waals surface area contributed by atoms with E-state index in [2.05, 4.69) is 0 Å². The third-order valence-corrected chi connectivity index (χ3v) is 7.85. The predicted octanol–water partition coefficient (Wildman–Crippen LogP) is 0.939. The first-order valence-electron chi connectivity index (χ1n) is 9.44. The van der Waals surface area contributed by atoms with Crippen LogP contribution in [-0.2, 0) is 20.7 Å². The Kier molecular flexibility index (Phi) is 2.29. The summed E-state index contributed by atoms with van der Waals surface area (Å²) in [6, 6.07) is 13.8. The van der Waals surface area contributed by atoms with Crippen molar-refractivity contribution in [2.75, 3.05) is 13.2 Å². The van der Waals surface area contributed by atoms with E-state index >= 15 is 0 Å². The number of hydrogen-bond acceptors (Lipinski definition) is 6. The predicted molar refractivity (Wildman–Crippen MR) is 93.7 cm³/mol. The van der Waals surface area contributed by atoms with Gasteiger partial charge in [0.25, 0.3) is 0 Å². The van der Waals surface area contributed by atoms with Crippen LogP contribution < -0.4 is 0 Å². The zero-order valence-electron chi connectivity index (χ0n) is 14.7. The van der Waals surface area contributed by atoms with E-state index in [1.165, 1.54) is 0 Å². The zero-order valence-corrected chi connectivity index (χ0v) is 14.7. The van der Waals surface area contributed by atoms with Crippen LogP contribution in [0.5, 0.6) is 0 Å². The van der Waals surface area contributed by atoms with Crippen molar-refractivity contribution in [3.05, 3.63) is 70.8 Å². The fraction of sp³-hybridized carbons (Fsp3) is 0.364. The topological polar surface area (TPSA) is 93.1 Å². The van der Waals surface area contributed by atoms with Crippen LogP contribution in [0.1, 0.15) is 31.8 Å². The lowest BCUT2D eigenvalue weighted by Crippen LogP contribution is -3.01. The molecule has 0 aromatic heterocycles. The molecule has 28 heavy (non-hydrogen) atoms. The molecule has 6 atom stereocenters. The lowest BCUT2D eigenvalue weighted by molar-refractivity contribution is -0.519. The lowest BCUT2D eigenvalue weighted by atomic mass is 9.31. The van der Waals surface area contributed by atoms with Crippen molar-refractivity contribution >= 4 is 11.6 Å². The van der Waals surface area contributed by atoms with Gasteiger partial charge in [-0.25, -0.2) is 0 Å². The number of benzene rings is 2. The Balaban J connectivity index is 1.56. The van der Waals surface area contributed by atoms with E-state index in [9.17, 15) is 19.8 Å². The average Bonchev–Trinajstić information content (AvgIpc) is 2.68. The van der Waals surface area contributed by atoms with Crippen LogP contribution in [0.4, 0.5) is 0 Å². The van der Waals surface area contributed by atoms with Crippen molar-refractivity contribution < 1.29 is 29.3 Å².